The van der Waals surface area contributed by atoms with Crippen LogP contribution in [0.2, 0.25) is 0 Å². The van der Waals surface area contributed by atoms with Gasteiger partial charge in [-0.3, -0.25) is 4.79 Å². The number of halogens is 4. The van der Waals surface area contributed by atoms with Gasteiger partial charge >= 0.3 is 5.97 Å². The van der Waals surface area contributed by atoms with Crippen LogP contribution in [0.25, 0.3) is 0 Å². The highest BCUT2D eigenvalue weighted by Crippen LogP contribution is 2.26. The van der Waals surface area contributed by atoms with Crippen molar-refractivity contribution in [3.63, 3.8) is 0 Å². The molecule has 0 aliphatic carbocycles. The minimum absolute atomic E-state index is 0.0300. The maximum absolute atomic E-state index is 13.4. The summed E-state index contributed by atoms with van der Waals surface area (Å²) >= 11 is 0. The van der Waals surface area contributed by atoms with Gasteiger partial charge in [0, 0.05) is 12.1 Å². The van der Waals surface area contributed by atoms with Crippen molar-refractivity contribution in [2.24, 2.45) is 5.73 Å². The predicted octanol–water partition coefficient (Wildman–Crippen LogP) is 2.04. The second-order valence-corrected chi connectivity index (χ2v) is 6.13. The molecule has 0 aromatic heterocycles. The molecule has 0 spiro atoms. The molecule has 0 fully saturated rings. The Morgan fingerprint density at radius 3 is 2.17 bits per heavy atom. The van der Waals surface area contributed by atoms with Crippen molar-refractivity contribution in [1.29, 1.82) is 0 Å². The summed E-state index contributed by atoms with van der Waals surface area (Å²) in [4.78, 5) is 11.6. The molecular weight excluding hydrogens is 334 g/mol. The zero-order valence-corrected chi connectivity index (χ0v) is 13.4. The molecule has 1 unspecified atom stereocenters. The third-order valence-electron chi connectivity index (χ3n) is 2.79. The van der Waals surface area contributed by atoms with Crippen molar-refractivity contribution < 1.29 is 36.9 Å². The number of rotatable bonds is 6. The summed E-state index contributed by atoms with van der Waals surface area (Å²) < 4.78 is 62.4. The molecule has 2 atom stereocenters. The van der Waals surface area contributed by atoms with Crippen LogP contribution in [0.5, 0.6) is 5.75 Å². The topological polar surface area (TPSA) is 81.8 Å². The first-order chi connectivity index (χ1) is 10.9. The minimum Gasteiger partial charge on any atom is -0.485 e. The quantitative estimate of drug-likeness (QED) is 0.465. The summed E-state index contributed by atoms with van der Waals surface area (Å²) in [6.45, 7) is 4.14. The molecule has 0 amide bonds. The van der Waals surface area contributed by atoms with E-state index in [1.807, 2.05) is 0 Å². The Balaban J connectivity index is 2.66. The van der Waals surface area contributed by atoms with Gasteiger partial charge in [-0.25, -0.2) is 8.78 Å². The maximum atomic E-state index is 13.4. The average molecular weight is 353 g/mol. The van der Waals surface area contributed by atoms with Crippen molar-refractivity contribution in [3.05, 3.63) is 29.3 Å². The molecule has 3 N–H and O–H groups in total. The molecular formula is C15H19F4NO4. The van der Waals surface area contributed by atoms with Crippen LogP contribution in [-0.2, 0) is 9.53 Å². The average Bonchev–Trinajstić information content (AvgIpc) is 2.42. The molecule has 0 radical (unpaired) electrons. The van der Waals surface area contributed by atoms with Crippen LogP contribution >= 0.6 is 0 Å². The van der Waals surface area contributed by atoms with E-state index in [9.17, 15) is 27.5 Å². The fourth-order valence-corrected chi connectivity index (χ4v) is 1.68. The molecule has 0 bridgehead atoms. The Labute approximate surface area is 136 Å². The fourth-order valence-electron chi connectivity index (χ4n) is 1.68. The lowest BCUT2D eigenvalue weighted by Crippen LogP contribution is -2.41. The van der Waals surface area contributed by atoms with Gasteiger partial charge in [-0.05, 0) is 20.8 Å². The lowest BCUT2D eigenvalue weighted by atomic mass is 10.1. The molecule has 0 aliphatic rings. The van der Waals surface area contributed by atoms with Crippen LogP contribution in [0.1, 0.15) is 27.2 Å². The molecule has 0 saturated heterocycles. The summed E-state index contributed by atoms with van der Waals surface area (Å²) in [5, 5.41) is 9.76. The normalized spacial score (nSPS) is 14.2. The maximum Gasteiger partial charge on any atom is 0.307 e. The second kappa shape index (κ2) is 7.80. The number of carbonyl (C=O) groups excluding carboxylic acids is 1. The molecule has 1 aromatic rings. The lowest BCUT2D eigenvalue weighted by molar-refractivity contribution is -0.156. The van der Waals surface area contributed by atoms with Gasteiger partial charge in [0.25, 0.3) is 0 Å². The molecule has 5 nitrogen and oxygen atoms in total. The minimum atomic E-state index is -1.73. The number of nitrogens with two attached hydrogens (primary N) is 1. The number of hydrogen-bond acceptors (Lipinski definition) is 5. The first-order valence-corrected chi connectivity index (χ1v) is 7.03. The SMILES string of the molecule is CC(C)(C)OC(=O)CC(N)[C@H](O)COc1c(F)c(F)cc(F)c1F. The van der Waals surface area contributed by atoms with Crippen molar-refractivity contribution in [2.45, 2.75) is 44.9 Å². The van der Waals surface area contributed by atoms with Crippen molar-refractivity contribution in [3.8, 4) is 5.75 Å². The number of hydrogen-bond donors (Lipinski definition) is 2. The molecule has 1 rings (SSSR count). The van der Waals surface area contributed by atoms with E-state index in [1.54, 1.807) is 20.8 Å². The van der Waals surface area contributed by atoms with Gasteiger partial charge in [0.15, 0.2) is 17.4 Å². The summed E-state index contributed by atoms with van der Waals surface area (Å²) in [5.41, 5.74) is 4.82. The smallest absolute Gasteiger partial charge is 0.307 e. The van der Waals surface area contributed by atoms with Gasteiger partial charge in [0.1, 0.15) is 18.3 Å². The second-order valence-electron chi connectivity index (χ2n) is 6.13. The molecule has 0 heterocycles. The number of ether oxygens (including phenoxy) is 2. The van der Waals surface area contributed by atoms with Crippen LogP contribution in [-0.4, -0.2) is 35.4 Å². The van der Waals surface area contributed by atoms with Gasteiger partial charge < -0.3 is 20.3 Å². The van der Waals surface area contributed by atoms with Gasteiger partial charge in [0.2, 0.25) is 11.6 Å². The highest BCUT2D eigenvalue weighted by molar-refractivity contribution is 5.70. The summed E-state index contributed by atoms with van der Waals surface area (Å²) in [6, 6.07) is -1.13. The van der Waals surface area contributed by atoms with Crippen LogP contribution in [0.4, 0.5) is 17.6 Å². The number of aliphatic hydroxyl groups is 1. The van der Waals surface area contributed by atoms with E-state index in [0.29, 0.717) is 0 Å². The zero-order valence-electron chi connectivity index (χ0n) is 13.4. The summed E-state index contributed by atoms with van der Waals surface area (Å²) in [6.07, 6.45) is -1.91. The molecule has 0 aliphatic heterocycles. The highest BCUT2D eigenvalue weighted by Gasteiger charge is 2.25. The third-order valence-corrected chi connectivity index (χ3v) is 2.79. The Bertz CT molecular complexity index is 578. The van der Waals surface area contributed by atoms with Crippen molar-refractivity contribution >= 4 is 5.97 Å². The predicted molar refractivity (Wildman–Crippen MR) is 76.2 cm³/mol. The molecule has 1 aromatic carbocycles. The van der Waals surface area contributed by atoms with E-state index >= 15 is 0 Å². The van der Waals surface area contributed by atoms with Gasteiger partial charge in [-0.1, -0.05) is 0 Å². The third kappa shape index (κ3) is 5.64. The Kier molecular flexibility index (Phi) is 6.56. The summed E-state index contributed by atoms with van der Waals surface area (Å²) in [5.74, 6) is -8.75. The molecule has 136 valence electrons. The van der Waals surface area contributed by atoms with Crippen molar-refractivity contribution in [2.75, 3.05) is 6.61 Å². The van der Waals surface area contributed by atoms with Crippen LogP contribution in [0.3, 0.4) is 0 Å². The zero-order chi connectivity index (χ0) is 18.7. The highest BCUT2D eigenvalue weighted by atomic mass is 19.2. The Hall–Kier alpha value is -1.87. The number of carbonyl (C=O) groups is 1. The van der Waals surface area contributed by atoms with Crippen LogP contribution in [0.15, 0.2) is 6.07 Å². The van der Waals surface area contributed by atoms with E-state index in [4.69, 9.17) is 10.5 Å². The van der Waals surface area contributed by atoms with Crippen LogP contribution in [0, 0.1) is 23.3 Å². The fraction of sp³-hybridized carbons (Fsp3) is 0.533. The van der Waals surface area contributed by atoms with E-state index < -0.39 is 59.3 Å². The van der Waals surface area contributed by atoms with E-state index in [1.165, 1.54) is 0 Å². The number of benzene rings is 1. The Morgan fingerprint density at radius 1 is 1.21 bits per heavy atom. The first kappa shape index (κ1) is 20.2. The van der Waals surface area contributed by atoms with Crippen molar-refractivity contribution in [1.82, 2.24) is 0 Å². The van der Waals surface area contributed by atoms with Gasteiger partial charge in [-0.2, -0.15) is 8.78 Å². The van der Waals surface area contributed by atoms with Crippen LogP contribution < -0.4 is 10.5 Å². The van der Waals surface area contributed by atoms with Gasteiger partial charge in [0.05, 0.1) is 6.42 Å². The van der Waals surface area contributed by atoms with E-state index in [0.717, 1.165) is 0 Å². The number of esters is 1. The standard InChI is InChI=1S/C15H19F4NO4/c1-15(2,3)24-11(22)5-9(20)10(21)6-23-14-12(18)7(16)4-8(17)13(14)19/h4,9-10,21H,5-6,20H2,1-3H3/t9?,10-/m1/s1. The van der Waals surface area contributed by atoms with E-state index in [-0.39, 0.29) is 12.5 Å². The molecule has 9 heteroatoms. The lowest BCUT2D eigenvalue weighted by Gasteiger charge is -2.23. The number of aliphatic hydroxyl groups excluding tert-OH is 1. The largest absolute Gasteiger partial charge is 0.485 e. The summed E-state index contributed by atoms with van der Waals surface area (Å²) in [7, 11) is 0. The van der Waals surface area contributed by atoms with Gasteiger partial charge in [-0.15, -0.1) is 0 Å². The first-order valence-electron chi connectivity index (χ1n) is 7.03. The Morgan fingerprint density at radius 2 is 1.71 bits per heavy atom. The monoisotopic (exact) mass is 353 g/mol. The molecule has 24 heavy (non-hydrogen) atoms. The van der Waals surface area contributed by atoms with E-state index in [2.05, 4.69) is 4.74 Å². The molecule has 0 saturated carbocycles.